The number of thiophene rings is 1. The first kappa shape index (κ1) is 11.3. The molecule has 2 aromatic rings. The molecule has 0 aliphatic heterocycles. The normalized spacial score (nSPS) is 12.7. The van der Waals surface area contributed by atoms with E-state index in [1.54, 1.807) is 11.3 Å². The average molecular weight is 347 g/mol. The second-order valence-electron chi connectivity index (χ2n) is 3.16. The van der Waals surface area contributed by atoms with Gasteiger partial charge in [0.05, 0.1) is 6.04 Å². The fourth-order valence-electron chi connectivity index (χ4n) is 1.37. The third kappa shape index (κ3) is 2.50. The van der Waals surface area contributed by atoms with E-state index in [1.165, 1.54) is 4.88 Å². The van der Waals surface area contributed by atoms with Gasteiger partial charge in [-0.2, -0.15) is 0 Å². The summed E-state index contributed by atoms with van der Waals surface area (Å²) in [6.45, 7) is 0. The zero-order valence-electron chi connectivity index (χ0n) is 7.78. The molecule has 0 radical (unpaired) electrons. The summed E-state index contributed by atoms with van der Waals surface area (Å²) in [6.07, 6.45) is 0. The Morgan fingerprint density at radius 1 is 1.20 bits per heavy atom. The average Bonchev–Trinajstić information content (AvgIpc) is 2.74. The summed E-state index contributed by atoms with van der Waals surface area (Å²) in [5, 5.41) is 2.04. The molecule has 0 saturated carbocycles. The molecule has 1 nitrogen and oxygen atoms in total. The lowest BCUT2D eigenvalue weighted by Gasteiger charge is -2.12. The minimum atomic E-state index is -0.0584. The molecule has 0 aliphatic rings. The van der Waals surface area contributed by atoms with Crippen LogP contribution in [0.5, 0.6) is 0 Å². The Balaban J connectivity index is 2.41. The van der Waals surface area contributed by atoms with Crippen molar-refractivity contribution in [3.8, 4) is 0 Å². The van der Waals surface area contributed by atoms with E-state index in [4.69, 9.17) is 5.73 Å². The van der Waals surface area contributed by atoms with Crippen molar-refractivity contribution in [3.05, 3.63) is 55.1 Å². The summed E-state index contributed by atoms with van der Waals surface area (Å²) < 4.78 is 2.10. The lowest BCUT2D eigenvalue weighted by Crippen LogP contribution is -2.10. The maximum absolute atomic E-state index is 6.19. The van der Waals surface area contributed by atoms with Crippen LogP contribution in [0.1, 0.15) is 16.5 Å². The fourth-order valence-corrected chi connectivity index (χ4v) is 2.99. The van der Waals surface area contributed by atoms with E-state index in [0.29, 0.717) is 0 Å². The van der Waals surface area contributed by atoms with E-state index in [1.807, 2.05) is 23.6 Å². The van der Waals surface area contributed by atoms with E-state index in [-0.39, 0.29) is 6.04 Å². The predicted octanol–water partition coefficient (Wildman–Crippen LogP) is 4.32. The van der Waals surface area contributed by atoms with Crippen LogP contribution in [-0.2, 0) is 0 Å². The highest BCUT2D eigenvalue weighted by Gasteiger charge is 2.13. The summed E-state index contributed by atoms with van der Waals surface area (Å²) in [4.78, 5) is 1.17. The van der Waals surface area contributed by atoms with Crippen molar-refractivity contribution in [1.29, 1.82) is 0 Å². The maximum atomic E-state index is 6.19. The monoisotopic (exact) mass is 345 g/mol. The molecule has 0 amide bonds. The van der Waals surface area contributed by atoms with Crippen molar-refractivity contribution in [2.75, 3.05) is 0 Å². The molecule has 0 unspecified atom stereocenters. The van der Waals surface area contributed by atoms with Crippen molar-refractivity contribution in [3.63, 3.8) is 0 Å². The summed E-state index contributed by atoms with van der Waals surface area (Å²) >= 11 is 8.65. The summed E-state index contributed by atoms with van der Waals surface area (Å²) in [6, 6.07) is 10.1. The number of hydrogen-bond donors (Lipinski definition) is 1. The Hall–Kier alpha value is -0.160. The molecule has 1 heterocycles. The van der Waals surface area contributed by atoms with Crippen LogP contribution in [0.4, 0.5) is 0 Å². The van der Waals surface area contributed by atoms with Gasteiger partial charge >= 0.3 is 0 Å². The second kappa shape index (κ2) is 4.78. The minimum Gasteiger partial charge on any atom is -0.320 e. The van der Waals surface area contributed by atoms with Crippen molar-refractivity contribution >= 4 is 43.2 Å². The SMILES string of the molecule is N[C@@H](c1cccs1)c1cc(Br)ccc1Br. The van der Waals surface area contributed by atoms with E-state index in [2.05, 4.69) is 44.0 Å². The van der Waals surface area contributed by atoms with Gasteiger partial charge in [-0.1, -0.05) is 37.9 Å². The predicted molar refractivity (Wildman–Crippen MR) is 72.2 cm³/mol. The van der Waals surface area contributed by atoms with Gasteiger partial charge in [0.15, 0.2) is 0 Å². The Morgan fingerprint density at radius 3 is 2.67 bits per heavy atom. The van der Waals surface area contributed by atoms with Crippen LogP contribution in [-0.4, -0.2) is 0 Å². The van der Waals surface area contributed by atoms with Gasteiger partial charge in [-0.25, -0.2) is 0 Å². The highest BCUT2D eigenvalue weighted by Crippen LogP contribution is 2.31. The van der Waals surface area contributed by atoms with Crippen LogP contribution < -0.4 is 5.73 Å². The standard InChI is InChI=1S/C11H9Br2NS/c12-7-3-4-9(13)8(6-7)11(14)10-2-1-5-15-10/h1-6,11H,14H2/t11-/m1/s1. The summed E-state index contributed by atoms with van der Waals surface area (Å²) in [5.41, 5.74) is 7.29. The molecule has 1 aromatic heterocycles. The van der Waals surface area contributed by atoms with Gasteiger partial charge in [0.2, 0.25) is 0 Å². The molecule has 0 spiro atoms. The van der Waals surface area contributed by atoms with E-state index >= 15 is 0 Å². The molecule has 78 valence electrons. The quantitative estimate of drug-likeness (QED) is 0.860. The molecule has 2 N–H and O–H groups in total. The third-order valence-electron chi connectivity index (χ3n) is 2.14. The van der Waals surface area contributed by atoms with Crippen LogP contribution in [0.2, 0.25) is 0 Å². The first-order chi connectivity index (χ1) is 7.18. The first-order valence-electron chi connectivity index (χ1n) is 4.42. The number of hydrogen-bond acceptors (Lipinski definition) is 2. The van der Waals surface area contributed by atoms with E-state index in [0.717, 1.165) is 14.5 Å². The van der Waals surface area contributed by atoms with E-state index in [9.17, 15) is 0 Å². The molecule has 15 heavy (non-hydrogen) atoms. The van der Waals surface area contributed by atoms with Crippen LogP contribution >= 0.6 is 43.2 Å². The van der Waals surface area contributed by atoms with E-state index < -0.39 is 0 Å². The van der Waals surface area contributed by atoms with Gasteiger partial charge in [-0.05, 0) is 35.2 Å². The highest BCUT2D eigenvalue weighted by atomic mass is 79.9. The Bertz CT molecular complexity index is 454. The van der Waals surface area contributed by atoms with Crippen LogP contribution in [0, 0.1) is 0 Å². The third-order valence-corrected chi connectivity index (χ3v) is 4.31. The molecular formula is C11H9Br2NS. The maximum Gasteiger partial charge on any atom is 0.0657 e. The van der Waals surface area contributed by atoms with Crippen molar-refractivity contribution in [2.24, 2.45) is 5.73 Å². The molecule has 1 atom stereocenters. The smallest absolute Gasteiger partial charge is 0.0657 e. The van der Waals surface area contributed by atoms with Gasteiger partial charge in [-0.3, -0.25) is 0 Å². The largest absolute Gasteiger partial charge is 0.320 e. The topological polar surface area (TPSA) is 26.0 Å². The Kier molecular flexibility index (Phi) is 3.61. The van der Waals surface area contributed by atoms with Crippen LogP contribution in [0.25, 0.3) is 0 Å². The molecule has 0 fully saturated rings. The lowest BCUT2D eigenvalue weighted by atomic mass is 10.1. The zero-order valence-corrected chi connectivity index (χ0v) is 11.8. The van der Waals surface area contributed by atoms with Crippen molar-refractivity contribution < 1.29 is 0 Å². The van der Waals surface area contributed by atoms with Gasteiger partial charge < -0.3 is 5.73 Å². The van der Waals surface area contributed by atoms with Gasteiger partial charge in [0, 0.05) is 13.8 Å². The number of rotatable bonds is 2. The van der Waals surface area contributed by atoms with Gasteiger partial charge in [-0.15, -0.1) is 11.3 Å². The number of halogens is 2. The molecule has 1 aromatic carbocycles. The summed E-state index contributed by atoms with van der Waals surface area (Å²) in [5.74, 6) is 0. The van der Waals surface area contributed by atoms with Crippen molar-refractivity contribution in [1.82, 2.24) is 0 Å². The summed E-state index contributed by atoms with van der Waals surface area (Å²) in [7, 11) is 0. The van der Waals surface area contributed by atoms with Crippen LogP contribution in [0.3, 0.4) is 0 Å². The molecule has 4 heteroatoms. The minimum absolute atomic E-state index is 0.0584. The Morgan fingerprint density at radius 2 is 2.00 bits per heavy atom. The lowest BCUT2D eigenvalue weighted by molar-refractivity contribution is 0.886. The number of nitrogens with two attached hydrogens (primary N) is 1. The zero-order chi connectivity index (χ0) is 10.8. The van der Waals surface area contributed by atoms with Crippen molar-refractivity contribution in [2.45, 2.75) is 6.04 Å². The second-order valence-corrected chi connectivity index (χ2v) is 5.91. The highest BCUT2D eigenvalue weighted by molar-refractivity contribution is 9.11. The van der Waals surface area contributed by atoms with Crippen LogP contribution in [0.15, 0.2) is 44.7 Å². The first-order valence-corrected chi connectivity index (χ1v) is 6.89. The molecule has 0 saturated heterocycles. The number of benzene rings is 1. The van der Waals surface area contributed by atoms with Gasteiger partial charge in [0.1, 0.15) is 0 Å². The molecular weight excluding hydrogens is 338 g/mol. The Labute approximate surface area is 110 Å². The molecule has 2 rings (SSSR count). The molecule has 0 aliphatic carbocycles. The van der Waals surface area contributed by atoms with Gasteiger partial charge in [0.25, 0.3) is 0 Å². The molecule has 0 bridgehead atoms. The fraction of sp³-hybridized carbons (Fsp3) is 0.0909.